The molecule has 24 heavy (non-hydrogen) atoms. The molecule has 1 aliphatic rings. The fraction of sp³-hybridized carbons (Fsp3) is 0.211. The first kappa shape index (κ1) is 15.9. The molecule has 1 heterocycles. The van der Waals surface area contributed by atoms with Crippen LogP contribution in [0.1, 0.15) is 19.4 Å². The van der Waals surface area contributed by atoms with E-state index < -0.39 is 0 Å². The van der Waals surface area contributed by atoms with E-state index in [4.69, 9.17) is 15.2 Å². The van der Waals surface area contributed by atoms with Crippen LogP contribution in [0.4, 0.5) is 11.4 Å². The summed E-state index contributed by atoms with van der Waals surface area (Å²) in [6, 6.07) is 12.7. The number of carbonyl (C=O) groups is 1. The SMILES string of the molecule is COc1ccc(/C=C2/Oc3ccc(N)cc3N(C(C)C)C2=O)cc1. The van der Waals surface area contributed by atoms with E-state index in [9.17, 15) is 4.79 Å². The van der Waals surface area contributed by atoms with Crippen LogP contribution in [0.2, 0.25) is 0 Å². The van der Waals surface area contributed by atoms with Gasteiger partial charge in [-0.25, -0.2) is 0 Å². The van der Waals surface area contributed by atoms with Gasteiger partial charge in [0.1, 0.15) is 5.75 Å². The Balaban J connectivity index is 2.02. The Kier molecular flexibility index (Phi) is 4.16. The zero-order chi connectivity index (χ0) is 17.3. The van der Waals surface area contributed by atoms with Gasteiger partial charge in [-0.2, -0.15) is 0 Å². The zero-order valence-corrected chi connectivity index (χ0v) is 13.9. The Morgan fingerprint density at radius 2 is 1.88 bits per heavy atom. The molecule has 0 atom stereocenters. The highest BCUT2D eigenvalue weighted by molar-refractivity contribution is 6.10. The van der Waals surface area contributed by atoms with Crippen LogP contribution < -0.4 is 20.1 Å². The molecule has 2 aromatic rings. The topological polar surface area (TPSA) is 64.8 Å². The van der Waals surface area contributed by atoms with Crippen molar-refractivity contribution in [1.82, 2.24) is 0 Å². The molecule has 0 aromatic heterocycles. The van der Waals surface area contributed by atoms with Crippen molar-refractivity contribution in [2.45, 2.75) is 19.9 Å². The first-order valence-electron chi connectivity index (χ1n) is 7.76. The molecule has 0 radical (unpaired) electrons. The first-order chi connectivity index (χ1) is 11.5. The molecule has 1 aliphatic heterocycles. The summed E-state index contributed by atoms with van der Waals surface area (Å²) in [7, 11) is 1.62. The lowest BCUT2D eigenvalue weighted by Crippen LogP contribution is -2.42. The minimum Gasteiger partial charge on any atom is -0.497 e. The molecule has 0 aliphatic carbocycles. The van der Waals surface area contributed by atoms with E-state index in [0.717, 1.165) is 11.3 Å². The molecular formula is C19H20N2O3. The van der Waals surface area contributed by atoms with Gasteiger partial charge in [0.2, 0.25) is 0 Å². The van der Waals surface area contributed by atoms with Gasteiger partial charge in [-0.05, 0) is 55.8 Å². The summed E-state index contributed by atoms with van der Waals surface area (Å²) in [5.41, 5.74) is 8.01. The minimum atomic E-state index is -0.182. The number of hydrogen-bond acceptors (Lipinski definition) is 4. The minimum absolute atomic E-state index is 0.0128. The first-order valence-corrected chi connectivity index (χ1v) is 7.76. The van der Waals surface area contributed by atoms with Crippen LogP contribution in [0, 0.1) is 0 Å². The molecule has 0 saturated heterocycles. The normalized spacial score (nSPS) is 15.4. The molecule has 0 unspecified atom stereocenters. The molecule has 2 N–H and O–H groups in total. The van der Waals surface area contributed by atoms with Gasteiger partial charge in [0.25, 0.3) is 5.91 Å². The van der Waals surface area contributed by atoms with Gasteiger partial charge in [-0.3, -0.25) is 9.69 Å². The Bertz CT molecular complexity index is 795. The lowest BCUT2D eigenvalue weighted by atomic mass is 10.1. The number of amides is 1. The van der Waals surface area contributed by atoms with Crippen molar-refractivity contribution in [2.75, 3.05) is 17.7 Å². The van der Waals surface area contributed by atoms with Crippen LogP contribution >= 0.6 is 0 Å². The Labute approximate surface area is 141 Å². The number of hydrogen-bond donors (Lipinski definition) is 1. The largest absolute Gasteiger partial charge is 0.497 e. The molecule has 0 saturated carbocycles. The Morgan fingerprint density at radius 3 is 2.50 bits per heavy atom. The number of ether oxygens (including phenoxy) is 2. The van der Waals surface area contributed by atoms with E-state index in [2.05, 4.69) is 0 Å². The van der Waals surface area contributed by atoms with Crippen LogP contribution in [0.5, 0.6) is 11.5 Å². The monoisotopic (exact) mass is 324 g/mol. The number of nitrogen functional groups attached to an aromatic ring is 1. The number of benzene rings is 2. The maximum Gasteiger partial charge on any atom is 0.294 e. The van der Waals surface area contributed by atoms with E-state index in [1.165, 1.54) is 0 Å². The van der Waals surface area contributed by atoms with Gasteiger partial charge < -0.3 is 15.2 Å². The fourth-order valence-electron chi connectivity index (χ4n) is 2.65. The van der Waals surface area contributed by atoms with Gasteiger partial charge in [0.15, 0.2) is 11.5 Å². The third kappa shape index (κ3) is 2.93. The van der Waals surface area contributed by atoms with Gasteiger partial charge in [-0.15, -0.1) is 0 Å². The third-order valence-corrected chi connectivity index (χ3v) is 3.82. The van der Waals surface area contributed by atoms with Gasteiger partial charge >= 0.3 is 0 Å². The van der Waals surface area contributed by atoms with Crippen LogP contribution in [-0.4, -0.2) is 19.1 Å². The summed E-state index contributed by atoms with van der Waals surface area (Å²) in [6.07, 6.45) is 1.73. The molecule has 5 nitrogen and oxygen atoms in total. The number of nitrogens with two attached hydrogens (primary N) is 1. The molecule has 5 heteroatoms. The van der Waals surface area contributed by atoms with E-state index in [1.54, 1.807) is 36.3 Å². The van der Waals surface area contributed by atoms with Crippen LogP contribution in [0.3, 0.4) is 0 Å². The predicted octanol–water partition coefficient (Wildman–Crippen LogP) is 3.45. The second kappa shape index (κ2) is 6.28. The zero-order valence-electron chi connectivity index (χ0n) is 13.9. The highest BCUT2D eigenvalue weighted by Gasteiger charge is 2.32. The second-order valence-corrected chi connectivity index (χ2v) is 5.88. The Hall–Kier alpha value is -2.95. The predicted molar refractivity (Wildman–Crippen MR) is 95.1 cm³/mol. The average molecular weight is 324 g/mol. The summed E-state index contributed by atoms with van der Waals surface area (Å²) < 4.78 is 11.0. The van der Waals surface area contributed by atoms with Crippen molar-refractivity contribution in [2.24, 2.45) is 0 Å². The summed E-state index contributed by atoms with van der Waals surface area (Å²) in [5.74, 6) is 1.49. The molecular weight excluding hydrogens is 304 g/mol. The lowest BCUT2D eigenvalue weighted by Gasteiger charge is -2.33. The van der Waals surface area contributed by atoms with Crippen molar-refractivity contribution in [3.05, 3.63) is 53.8 Å². The third-order valence-electron chi connectivity index (χ3n) is 3.82. The van der Waals surface area contributed by atoms with Crippen LogP contribution in [0.25, 0.3) is 6.08 Å². The maximum absolute atomic E-state index is 12.8. The second-order valence-electron chi connectivity index (χ2n) is 5.88. The molecule has 0 spiro atoms. The number of nitrogens with zero attached hydrogens (tertiary/aromatic N) is 1. The highest BCUT2D eigenvalue weighted by Crippen LogP contribution is 2.38. The number of rotatable bonds is 3. The molecule has 0 bridgehead atoms. The van der Waals surface area contributed by atoms with Gasteiger partial charge in [-0.1, -0.05) is 12.1 Å². The molecule has 3 rings (SSSR count). The van der Waals surface area contributed by atoms with E-state index in [0.29, 0.717) is 17.1 Å². The quantitative estimate of drug-likeness (QED) is 0.694. The van der Waals surface area contributed by atoms with Gasteiger partial charge in [0, 0.05) is 11.7 Å². The lowest BCUT2D eigenvalue weighted by molar-refractivity contribution is -0.117. The molecule has 1 amide bonds. The van der Waals surface area contributed by atoms with Crippen LogP contribution in [0.15, 0.2) is 48.2 Å². The standard InChI is InChI=1S/C19H20N2O3/c1-12(2)21-16-11-14(20)6-9-17(16)24-18(19(21)22)10-13-4-7-15(23-3)8-5-13/h4-12H,20H2,1-3H3/b18-10+. The number of methoxy groups -OCH3 is 1. The number of anilines is 2. The van der Waals surface area contributed by atoms with Crippen LogP contribution in [-0.2, 0) is 4.79 Å². The van der Waals surface area contributed by atoms with Crippen molar-refractivity contribution in [1.29, 1.82) is 0 Å². The highest BCUT2D eigenvalue weighted by atomic mass is 16.5. The van der Waals surface area contributed by atoms with Crippen molar-refractivity contribution < 1.29 is 14.3 Å². The summed E-state index contributed by atoms with van der Waals surface area (Å²) in [5, 5.41) is 0. The maximum atomic E-state index is 12.8. The number of fused-ring (bicyclic) bond motifs is 1. The van der Waals surface area contributed by atoms with E-state index >= 15 is 0 Å². The molecule has 0 fully saturated rings. The smallest absolute Gasteiger partial charge is 0.294 e. The van der Waals surface area contributed by atoms with Crippen molar-refractivity contribution in [3.63, 3.8) is 0 Å². The molecule has 2 aromatic carbocycles. The summed E-state index contributed by atoms with van der Waals surface area (Å²) in [6.45, 7) is 3.92. The Morgan fingerprint density at radius 1 is 1.17 bits per heavy atom. The fourth-order valence-corrected chi connectivity index (χ4v) is 2.65. The van der Waals surface area contributed by atoms with Crippen molar-refractivity contribution in [3.8, 4) is 11.5 Å². The van der Waals surface area contributed by atoms with Crippen molar-refractivity contribution >= 4 is 23.4 Å². The summed E-state index contributed by atoms with van der Waals surface area (Å²) >= 11 is 0. The number of carbonyl (C=O) groups excluding carboxylic acids is 1. The molecule has 124 valence electrons. The summed E-state index contributed by atoms with van der Waals surface area (Å²) in [4.78, 5) is 14.5. The van der Waals surface area contributed by atoms with Gasteiger partial charge in [0.05, 0.1) is 12.8 Å². The van der Waals surface area contributed by atoms with E-state index in [1.807, 2.05) is 38.1 Å². The van der Waals surface area contributed by atoms with E-state index in [-0.39, 0.29) is 17.7 Å². The average Bonchev–Trinajstić information content (AvgIpc) is 2.56.